The Balaban J connectivity index is 1.32. The number of likely N-dealkylation sites (tertiary alicyclic amines) is 1. The van der Waals surface area contributed by atoms with E-state index >= 15 is 0 Å². The molecule has 1 saturated heterocycles. The Hall–Kier alpha value is -3.02. The van der Waals surface area contributed by atoms with Gasteiger partial charge in [0.15, 0.2) is 0 Å². The van der Waals surface area contributed by atoms with Crippen LogP contribution in [0.1, 0.15) is 62.5 Å². The highest BCUT2D eigenvalue weighted by molar-refractivity contribution is 5.83. The van der Waals surface area contributed by atoms with Crippen molar-refractivity contribution in [1.82, 2.24) is 9.80 Å². The molecule has 0 aromatic heterocycles. The first kappa shape index (κ1) is 27.0. The number of amides is 2. The predicted octanol–water partition coefficient (Wildman–Crippen LogP) is 5.28. The lowest BCUT2D eigenvalue weighted by Gasteiger charge is -2.42. The summed E-state index contributed by atoms with van der Waals surface area (Å²) in [6.07, 6.45) is 8.76. The zero-order valence-electron chi connectivity index (χ0n) is 22.5. The number of benzene rings is 2. The van der Waals surface area contributed by atoms with Crippen molar-refractivity contribution in [1.29, 1.82) is 0 Å². The molecule has 0 saturated carbocycles. The Bertz CT molecular complexity index is 1050. The van der Waals surface area contributed by atoms with E-state index in [1.54, 1.807) is 7.11 Å². The molecule has 37 heavy (non-hydrogen) atoms. The van der Waals surface area contributed by atoms with Crippen LogP contribution in [0.5, 0.6) is 11.5 Å². The Labute approximate surface area is 221 Å². The molecule has 2 amide bonds. The lowest BCUT2D eigenvalue weighted by molar-refractivity contribution is -0.148. The molecule has 6 heteroatoms. The van der Waals surface area contributed by atoms with E-state index in [1.165, 1.54) is 5.56 Å². The molecule has 0 unspecified atom stereocenters. The SMILES string of the molecule is COc1ccccc1CCCC(=O)N1CCC2(CCCCCc3ccccc3OCCN(C)C2=O)CC1. The summed E-state index contributed by atoms with van der Waals surface area (Å²) in [6, 6.07) is 16.2. The van der Waals surface area contributed by atoms with Gasteiger partial charge in [0.25, 0.3) is 0 Å². The van der Waals surface area contributed by atoms with Crippen molar-refractivity contribution in [2.45, 2.75) is 64.2 Å². The molecule has 200 valence electrons. The van der Waals surface area contributed by atoms with Gasteiger partial charge in [-0.15, -0.1) is 0 Å². The molecular weight excluding hydrogens is 464 g/mol. The highest BCUT2D eigenvalue weighted by Crippen LogP contribution is 2.39. The first-order valence-corrected chi connectivity index (χ1v) is 13.9. The fourth-order valence-corrected chi connectivity index (χ4v) is 5.86. The number of para-hydroxylation sites is 2. The van der Waals surface area contributed by atoms with Gasteiger partial charge < -0.3 is 19.3 Å². The van der Waals surface area contributed by atoms with Gasteiger partial charge in [-0.3, -0.25) is 9.59 Å². The minimum absolute atomic E-state index is 0.196. The number of rotatable bonds is 5. The van der Waals surface area contributed by atoms with Crippen molar-refractivity contribution in [3.8, 4) is 11.5 Å². The van der Waals surface area contributed by atoms with Crippen LogP contribution in [0.25, 0.3) is 0 Å². The summed E-state index contributed by atoms with van der Waals surface area (Å²) < 4.78 is 11.5. The van der Waals surface area contributed by atoms with Crippen LogP contribution < -0.4 is 9.47 Å². The third-order valence-electron chi connectivity index (χ3n) is 8.16. The van der Waals surface area contributed by atoms with Crippen molar-refractivity contribution >= 4 is 11.8 Å². The van der Waals surface area contributed by atoms with E-state index < -0.39 is 0 Å². The lowest BCUT2D eigenvalue weighted by atomic mass is 9.73. The predicted molar refractivity (Wildman–Crippen MR) is 146 cm³/mol. The van der Waals surface area contributed by atoms with Crippen LogP contribution in [0, 0.1) is 5.41 Å². The summed E-state index contributed by atoms with van der Waals surface area (Å²) in [6.45, 7) is 2.39. The van der Waals surface area contributed by atoms with Gasteiger partial charge in [-0.2, -0.15) is 0 Å². The van der Waals surface area contributed by atoms with Crippen LogP contribution in [0.2, 0.25) is 0 Å². The Morgan fingerprint density at radius 2 is 1.73 bits per heavy atom. The van der Waals surface area contributed by atoms with Gasteiger partial charge in [0.2, 0.25) is 11.8 Å². The third kappa shape index (κ3) is 6.85. The second-order valence-corrected chi connectivity index (χ2v) is 10.6. The second-order valence-electron chi connectivity index (χ2n) is 10.6. The largest absolute Gasteiger partial charge is 0.496 e. The molecule has 2 aromatic rings. The number of piperidine rings is 1. The van der Waals surface area contributed by atoms with Gasteiger partial charge >= 0.3 is 0 Å². The van der Waals surface area contributed by atoms with Crippen LogP contribution >= 0.6 is 0 Å². The van der Waals surface area contributed by atoms with Gasteiger partial charge in [-0.25, -0.2) is 0 Å². The molecule has 6 nitrogen and oxygen atoms in total. The van der Waals surface area contributed by atoms with Crippen molar-refractivity contribution in [2.24, 2.45) is 5.41 Å². The fraction of sp³-hybridized carbons (Fsp3) is 0.548. The summed E-state index contributed by atoms with van der Waals surface area (Å²) in [5.74, 6) is 2.23. The number of methoxy groups -OCH3 is 1. The number of nitrogens with zero attached hydrogens (tertiary/aromatic N) is 2. The van der Waals surface area contributed by atoms with E-state index in [0.717, 1.165) is 74.8 Å². The van der Waals surface area contributed by atoms with Gasteiger partial charge in [-0.1, -0.05) is 49.2 Å². The molecule has 2 aliphatic rings. The van der Waals surface area contributed by atoms with E-state index in [4.69, 9.17) is 9.47 Å². The number of ether oxygens (including phenoxy) is 2. The van der Waals surface area contributed by atoms with Gasteiger partial charge in [-0.05, 0) is 68.2 Å². The zero-order chi connectivity index (χ0) is 26.1. The monoisotopic (exact) mass is 506 g/mol. The number of hydrogen-bond acceptors (Lipinski definition) is 4. The standard InChI is InChI=1S/C31H42N2O4/c1-32-23-24-37-28-16-8-6-13-26(28)11-4-3-9-18-31(30(32)35)19-21-33(22-20-31)29(34)17-10-14-25-12-5-7-15-27(25)36-2/h5-8,12-13,15-16H,3-4,9-11,14,17-24H2,1-2H3. The lowest BCUT2D eigenvalue weighted by Crippen LogP contribution is -2.51. The number of fused-ring (bicyclic) bond motifs is 1. The van der Waals surface area contributed by atoms with Crippen molar-refractivity contribution in [3.63, 3.8) is 0 Å². The quantitative estimate of drug-likeness (QED) is 0.554. The molecule has 2 aliphatic heterocycles. The van der Waals surface area contributed by atoms with Crippen LogP contribution in [-0.4, -0.2) is 62.0 Å². The highest BCUT2D eigenvalue weighted by Gasteiger charge is 2.43. The maximum absolute atomic E-state index is 13.7. The number of likely N-dealkylation sites (N-methyl/N-ethyl adjacent to an activating group) is 1. The Morgan fingerprint density at radius 3 is 2.54 bits per heavy atom. The first-order valence-electron chi connectivity index (χ1n) is 13.9. The molecule has 0 atom stereocenters. The van der Waals surface area contributed by atoms with E-state index in [1.807, 2.05) is 47.2 Å². The molecule has 4 rings (SSSR count). The Kier molecular flexibility index (Phi) is 9.48. The zero-order valence-corrected chi connectivity index (χ0v) is 22.5. The molecule has 0 radical (unpaired) electrons. The third-order valence-corrected chi connectivity index (χ3v) is 8.16. The fourth-order valence-electron chi connectivity index (χ4n) is 5.86. The maximum Gasteiger partial charge on any atom is 0.228 e. The molecule has 1 fully saturated rings. The molecule has 0 aliphatic carbocycles. The van der Waals surface area contributed by atoms with Crippen LogP contribution in [0.15, 0.2) is 48.5 Å². The van der Waals surface area contributed by atoms with Crippen molar-refractivity contribution in [3.05, 3.63) is 59.7 Å². The van der Waals surface area contributed by atoms with E-state index in [2.05, 4.69) is 18.2 Å². The van der Waals surface area contributed by atoms with E-state index in [-0.39, 0.29) is 17.2 Å². The summed E-state index contributed by atoms with van der Waals surface area (Å²) in [5, 5.41) is 0. The first-order chi connectivity index (χ1) is 18.0. The summed E-state index contributed by atoms with van der Waals surface area (Å²) in [4.78, 5) is 30.5. The molecule has 2 heterocycles. The molecular formula is C31H42N2O4. The average Bonchev–Trinajstić information content (AvgIpc) is 2.94. The van der Waals surface area contributed by atoms with Crippen molar-refractivity contribution < 1.29 is 19.1 Å². The highest BCUT2D eigenvalue weighted by atomic mass is 16.5. The minimum atomic E-state index is -0.371. The van der Waals surface area contributed by atoms with E-state index in [9.17, 15) is 9.59 Å². The topological polar surface area (TPSA) is 59.1 Å². The molecule has 2 aromatic carbocycles. The summed E-state index contributed by atoms with van der Waals surface area (Å²) in [7, 11) is 3.58. The normalized spacial score (nSPS) is 18.7. The van der Waals surface area contributed by atoms with Crippen LogP contribution in [0.3, 0.4) is 0 Å². The van der Waals surface area contributed by atoms with E-state index in [0.29, 0.717) is 32.7 Å². The van der Waals surface area contributed by atoms with Gasteiger partial charge in [0.1, 0.15) is 18.1 Å². The summed E-state index contributed by atoms with van der Waals surface area (Å²) >= 11 is 0. The van der Waals surface area contributed by atoms with Crippen LogP contribution in [0.4, 0.5) is 0 Å². The Morgan fingerprint density at radius 1 is 0.973 bits per heavy atom. The average molecular weight is 507 g/mol. The summed E-state index contributed by atoms with van der Waals surface area (Å²) in [5.41, 5.74) is 2.02. The number of aryl methyl sites for hydroxylation is 2. The van der Waals surface area contributed by atoms with Crippen molar-refractivity contribution in [2.75, 3.05) is 40.4 Å². The van der Waals surface area contributed by atoms with Gasteiger partial charge in [0.05, 0.1) is 19.1 Å². The minimum Gasteiger partial charge on any atom is -0.496 e. The number of carbonyl (C=O) groups excluding carboxylic acids is 2. The number of hydrogen-bond donors (Lipinski definition) is 0. The molecule has 1 spiro atoms. The number of carbonyl (C=O) groups is 2. The molecule has 0 bridgehead atoms. The van der Waals surface area contributed by atoms with Crippen LogP contribution in [-0.2, 0) is 22.4 Å². The second kappa shape index (κ2) is 13.0. The smallest absolute Gasteiger partial charge is 0.228 e. The maximum atomic E-state index is 13.7. The molecule has 0 N–H and O–H groups in total. The van der Waals surface area contributed by atoms with Gasteiger partial charge in [0, 0.05) is 26.6 Å².